The Balaban J connectivity index is 0.000000492. The third-order valence-corrected chi connectivity index (χ3v) is 3.75. The number of hydrogen-bond acceptors (Lipinski definition) is 3. The van der Waals surface area contributed by atoms with Gasteiger partial charge in [0.15, 0.2) is 0 Å². The third kappa shape index (κ3) is 2.82. The maximum absolute atomic E-state index is 12.3. The van der Waals surface area contributed by atoms with Gasteiger partial charge in [0.25, 0.3) is 0 Å². The first-order valence-electron chi connectivity index (χ1n) is 6.57. The standard InChI is InChI=1S/C11H18N2O2.C2H6S/c1-2-12-7-3-5-11(10(12)15)6-4-8-13(11)9-14;1-3-2/h9H,2-8H2,1H3;1-2H3/t11-;/m0./s1. The summed E-state index contributed by atoms with van der Waals surface area (Å²) < 4.78 is 0. The van der Waals surface area contributed by atoms with E-state index in [1.165, 1.54) is 0 Å². The summed E-state index contributed by atoms with van der Waals surface area (Å²) in [6.07, 6.45) is 8.61. The number of hydrogen-bond donors (Lipinski definition) is 0. The molecular formula is C13H24N2O2S. The lowest BCUT2D eigenvalue weighted by molar-refractivity contribution is -0.150. The summed E-state index contributed by atoms with van der Waals surface area (Å²) >= 11 is 1.75. The second kappa shape index (κ2) is 7.02. The molecule has 0 aliphatic carbocycles. The van der Waals surface area contributed by atoms with Crippen molar-refractivity contribution < 1.29 is 9.59 Å². The molecule has 0 unspecified atom stereocenters. The second-order valence-corrected chi connectivity index (χ2v) is 5.65. The van der Waals surface area contributed by atoms with Crippen molar-refractivity contribution in [1.82, 2.24) is 9.80 Å². The van der Waals surface area contributed by atoms with Gasteiger partial charge in [0, 0.05) is 19.6 Å². The Morgan fingerprint density at radius 3 is 2.33 bits per heavy atom. The molecule has 1 atom stereocenters. The van der Waals surface area contributed by atoms with Crippen LogP contribution in [0.25, 0.3) is 0 Å². The number of nitrogens with zero attached hydrogens (tertiary/aromatic N) is 2. The van der Waals surface area contributed by atoms with E-state index < -0.39 is 5.54 Å². The largest absolute Gasteiger partial charge is 0.341 e. The number of thioether (sulfide) groups is 1. The van der Waals surface area contributed by atoms with E-state index in [0.29, 0.717) is 0 Å². The van der Waals surface area contributed by atoms with Crippen LogP contribution in [0.2, 0.25) is 0 Å². The maximum Gasteiger partial charge on any atom is 0.248 e. The van der Waals surface area contributed by atoms with Gasteiger partial charge in [-0.05, 0) is 45.1 Å². The maximum atomic E-state index is 12.3. The number of amides is 2. The third-order valence-electron chi connectivity index (χ3n) is 3.75. The predicted octanol–water partition coefficient (Wildman–Crippen LogP) is 1.60. The lowest BCUT2D eigenvalue weighted by Gasteiger charge is -2.42. The van der Waals surface area contributed by atoms with Crippen LogP contribution < -0.4 is 0 Å². The molecule has 18 heavy (non-hydrogen) atoms. The first-order valence-corrected chi connectivity index (χ1v) is 8.21. The van der Waals surface area contributed by atoms with Crippen LogP contribution in [-0.4, -0.2) is 59.8 Å². The minimum atomic E-state index is -0.476. The minimum Gasteiger partial charge on any atom is -0.341 e. The average Bonchev–Trinajstić information content (AvgIpc) is 2.77. The first kappa shape index (κ1) is 15.3. The van der Waals surface area contributed by atoms with E-state index >= 15 is 0 Å². The summed E-state index contributed by atoms with van der Waals surface area (Å²) in [6, 6.07) is 0. The van der Waals surface area contributed by atoms with Crippen LogP contribution in [0.15, 0.2) is 0 Å². The summed E-state index contributed by atoms with van der Waals surface area (Å²) in [5, 5.41) is 0. The van der Waals surface area contributed by atoms with E-state index in [-0.39, 0.29) is 5.91 Å². The molecule has 0 aromatic rings. The molecular weight excluding hydrogens is 248 g/mol. The van der Waals surface area contributed by atoms with Gasteiger partial charge in [-0.1, -0.05) is 0 Å². The molecule has 4 nitrogen and oxygen atoms in total. The number of carbonyl (C=O) groups excluding carboxylic acids is 2. The molecule has 0 saturated carbocycles. The number of rotatable bonds is 2. The molecule has 5 heteroatoms. The number of likely N-dealkylation sites (tertiary alicyclic amines) is 2. The quantitative estimate of drug-likeness (QED) is 0.717. The zero-order valence-corrected chi connectivity index (χ0v) is 12.5. The van der Waals surface area contributed by atoms with E-state index in [1.54, 1.807) is 16.7 Å². The van der Waals surface area contributed by atoms with Crippen molar-refractivity contribution in [3.05, 3.63) is 0 Å². The summed E-state index contributed by atoms with van der Waals surface area (Å²) in [4.78, 5) is 26.9. The Bertz CT molecular complexity index is 299. The van der Waals surface area contributed by atoms with Gasteiger partial charge in [0.1, 0.15) is 5.54 Å². The van der Waals surface area contributed by atoms with Crippen LogP contribution in [0, 0.1) is 0 Å². The van der Waals surface area contributed by atoms with Crippen molar-refractivity contribution in [3.63, 3.8) is 0 Å². The van der Waals surface area contributed by atoms with Crippen LogP contribution in [0.3, 0.4) is 0 Å². The molecule has 104 valence electrons. The smallest absolute Gasteiger partial charge is 0.248 e. The molecule has 2 aliphatic rings. The van der Waals surface area contributed by atoms with Gasteiger partial charge in [0.2, 0.25) is 12.3 Å². The molecule has 0 N–H and O–H groups in total. The summed E-state index contributed by atoms with van der Waals surface area (Å²) in [6.45, 7) is 4.35. The summed E-state index contributed by atoms with van der Waals surface area (Å²) in [5.74, 6) is 0.167. The molecule has 0 radical (unpaired) electrons. The highest BCUT2D eigenvalue weighted by atomic mass is 32.2. The molecule has 2 rings (SSSR count). The normalized spacial score (nSPS) is 27.2. The van der Waals surface area contributed by atoms with E-state index in [2.05, 4.69) is 0 Å². The van der Waals surface area contributed by atoms with Gasteiger partial charge in [-0.15, -0.1) is 0 Å². The highest BCUT2D eigenvalue weighted by molar-refractivity contribution is 7.97. The Labute approximate surface area is 114 Å². The van der Waals surface area contributed by atoms with Crippen molar-refractivity contribution in [2.75, 3.05) is 32.1 Å². The van der Waals surface area contributed by atoms with Crippen LogP contribution in [-0.2, 0) is 9.59 Å². The van der Waals surface area contributed by atoms with Gasteiger partial charge in [-0.25, -0.2) is 0 Å². The lowest BCUT2D eigenvalue weighted by atomic mass is 9.85. The van der Waals surface area contributed by atoms with Crippen molar-refractivity contribution in [2.45, 2.75) is 38.1 Å². The van der Waals surface area contributed by atoms with E-state index in [9.17, 15) is 9.59 Å². The molecule has 2 amide bonds. The van der Waals surface area contributed by atoms with Gasteiger partial charge >= 0.3 is 0 Å². The zero-order chi connectivity index (χ0) is 13.6. The van der Waals surface area contributed by atoms with Gasteiger partial charge in [-0.3, -0.25) is 9.59 Å². The first-order chi connectivity index (χ1) is 8.66. The lowest BCUT2D eigenvalue weighted by Crippen LogP contribution is -2.59. The molecule has 2 heterocycles. The van der Waals surface area contributed by atoms with Gasteiger partial charge in [-0.2, -0.15) is 11.8 Å². The minimum absolute atomic E-state index is 0.167. The topological polar surface area (TPSA) is 40.6 Å². The Morgan fingerprint density at radius 2 is 1.83 bits per heavy atom. The zero-order valence-electron chi connectivity index (χ0n) is 11.6. The van der Waals surface area contributed by atoms with E-state index in [0.717, 1.165) is 51.7 Å². The van der Waals surface area contributed by atoms with Crippen molar-refractivity contribution in [1.29, 1.82) is 0 Å². The molecule has 2 aliphatic heterocycles. The van der Waals surface area contributed by atoms with Crippen LogP contribution >= 0.6 is 11.8 Å². The van der Waals surface area contributed by atoms with Crippen molar-refractivity contribution in [3.8, 4) is 0 Å². The number of likely N-dealkylation sites (N-methyl/N-ethyl adjacent to an activating group) is 1. The Morgan fingerprint density at radius 1 is 1.28 bits per heavy atom. The van der Waals surface area contributed by atoms with Crippen molar-refractivity contribution >= 4 is 24.1 Å². The van der Waals surface area contributed by atoms with Crippen LogP contribution in [0.1, 0.15) is 32.6 Å². The average molecular weight is 272 g/mol. The van der Waals surface area contributed by atoms with Gasteiger partial charge < -0.3 is 9.80 Å². The molecule has 1 spiro atoms. The van der Waals surface area contributed by atoms with Gasteiger partial charge in [0.05, 0.1) is 0 Å². The fourth-order valence-corrected chi connectivity index (χ4v) is 2.92. The van der Waals surface area contributed by atoms with E-state index in [4.69, 9.17) is 0 Å². The summed E-state index contributed by atoms with van der Waals surface area (Å²) in [5.41, 5.74) is -0.476. The fourth-order valence-electron chi connectivity index (χ4n) is 2.92. The second-order valence-electron chi connectivity index (χ2n) is 4.83. The molecule has 2 saturated heterocycles. The van der Waals surface area contributed by atoms with Crippen LogP contribution in [0.4, 0.5) is 0 Å². The van der Waals surface area contributed by atoms with Crippen molar-refractivity contribution in [2.24, 2.45) is 0 Å². The highest BCUT2D eigenvalue weighted by Crippen LogP contribution is 2.36. The highest BCUT2D eigenvalue weighted by Gasteiger charge is 2.50. The Hall–Kier alpha value is -0.710. The van der Waals surface area contributed by atoms with Crippen LogP contribution in [0.5, 0.6) is 0 Å². The fraction of sp³-hybridized carbons (Fsp3) is 0.846. The molecule has 0 bridgehead atoms. The number of carbonyl (C=O) groups is 2. The predicted molar refractivity (Wildman–Crippen MR) is 75.7 cm³/mol. The van der Waals surface area contributed by atoms with E-state index in [1.807, 2.05) is 24.3 Å². The monoisotopic (exact) mass is 272 g/mol. The molecule has 2 fully saturated rings. The molecule has 0 aromatic heterocycles. The summed E-state index contributed by atoms with van der Waals surface area (Å²) in [7, 11) is 0. The Kier molecular flexibility index (Phi) is 5.99. The SMILES string of the molecule is CCN1CCC[C@]2(CCCN2C=O)C1=O.CSC. The number of piperidine rings is 1. The molecule has 0 aromatic carbocycles.